The van der Waals surface area contributed by atoms with Gasteiger partial charge in [0.1, 0.15) is 0 Å². The predicted octanol–water partition coefficient (Wildman–Crippen LogP) is 26.6. The van der Waals surface area contributed by atoms with Gasteiger partial charge in [-0.05, 0) is 83.5 Å². The van der Waals surface area contributed by atoms with Crippen LogP contribution < -0.4 is 5.32 Å². The van der Waals surface area contributed by atoms with Crippen LogP contribution in [-0.2, 0) is 14.3 Å². The van der Waals surface area contributed by atoms with Crippen molar-refractivity contribution >= 4 is 11.9 Å². The summed E-state index contributed by atoms with van der Waals surface area (Å²) in [6.45, 7) is 4.94. The average molecular weight is 1240 g/mol. The van der Waals surface area contributed by atoms with Crippen molar-refractivity contribution in [2.75, 3.05) is 13.2 Å². The van der Waals surface area contributed by atoms with Gasteiger partial charge in [-0.1, -0.05) is 391 Å². The Balaban J connectivity index is 3.39. The quantitative estimate of drug-likeness (QED) is 0.0320. The third-order valence-corrected chi connectivity index (χ3v) is 18.9. The second-order valence-corrected chi connectivity index (χ2v) is 27.7. The summed E-state index contributed by atoms with van der Waals surface area (Å²) in [5, 5.41) is 23.3. The number of unbranched alkanes of at least 4 members (excludes halogenated alkanes) is 61. The second kappa shape index (κ2) is 77.5. The molecule has 0 heterocycles. The fourth-order valence-electron chi connectivity index (χ4n) is 12.7. The monoisotopic (exact) mass is 1240 g/mol. The first-order chi connectivity index (χ1) is 43.5. The number of ether oxygens (including phenoxy) is 1. The summed E-state index contributed by atoms with van der Waals surface area (Å²) in [5.41, 5.74) is 0. The standard InChI is InChI=1S/C82H157NO5/c1-3-5-7-9-11-13-15-17-19-20-21-22-23-31-34-37-40-43-47-50-54-58-62-66-70-74-80(85)79(78-84)83-81(86)75-71-67-63-59-55-51-48-44-41-38-35-32-29-27-25-24-26-28-30-33-36-39-42-45-49-53-57-61-65-69-73-77-88-82(87)76-72-68-64-60-56-52-46-18-16-14-12-10-8-6-4-2/h18,26,28,46,70,74,79-80,84-85H,3-17,19-25,27,29-45,47-69,71-73,75-78H2,1-2H3,(H,83,86)/b28-26-,46-18-,74-70+. The van der Waals surface area contributed by atoms with Crippen molar-refractivity contribution in [3.8, 4) is 0 Å². The van der Waals surface area contributed by atoms with E-state index in [1.54, 1.807) is 6.08 Å². The molecule has 6 heteroatoms. The Bertz CT molecular complexity index is 1430. The molecule has 6 nitrogen and oxygen atoms in total. The van der Waals surface area contributed by atoms with E-state index in [0.29, 0.717) is 19.4 Å². The third-order valence-electron chi connectivity index (χ3n) is 18.9. The molecule has 0 aliphatic rings. The van der Waals surface area contributed by atoms with Crippen molar-refractivity contribution in [2.24, 2.45) is 0 Å². The van der Waals surface area contributed by atoms with Gasteiger partial charge >= 0.3 is 5.97 Å². The van der Waals surface area contributed by atoms with Gasteiger partial charge in [0.25, 0.3) is 0 Å². The summed E-state index contributed by atoms with van der Waals surface area (Å²) in [7, 11) is 0. The number of carbonyl (C=O) groups excluding carboxylic acids is 2. The third kappa shape index (κ3) is 73.1. The van der Waals surface area contributed by atoms with Crippen molar-refractivity contribution in [1.82, 2.24) is 5.32 Å². The minimum atomic E-state index is -0.845. The molecule has 2 unspecified atom stereocenters. The van der Waals surface area contributed by atoms with Crippen LogP contribution >= 0.6 is 0 Å². The van der Waals surface area contributed by atoms with E-state index < -0.39 is 12.1 Å². The first-order valence-corrected chi connectivity index (χ1v) is 40.3. The van der Waals surface area contributed by atoms with Gasteiger partial charge in [-0.3, -0.25) is 9.59 Å². The number of nitrogens with one attached hydrogen (secondary N) is 1. The van der Waals surface area contributed by atoms with Crippen LogP contribution in [0.5, 0.6) is 0 Å². The van der Waals surface area contributed by atoms with Gasteiger partial charge in [0, 0.05) is 12.8 Å². The lowest BCUT2D eigenvalue weighted by atomic mass is 10.0. The average Bonchev–Trinajstić information content (AvgIpc) is 3.58. The lowest BCUT2D eigenvalue weighted by molar-refractivity contribution is -0.143. The van der Waals surface area contributed by atoms with Gasteiger partial charge in [0.05, 0.1) is 25.4 Å². The number of carbonyl (C=O) groups is 2. The van der Waals surface area contributed by atoms with Crippen molar-refractivity contribution in [3.63, 3.8) is 0 Å². The zero-order valence-electron chi connectivity index (χ0n) is 59.7. The second-order valence-electron chi connectivity index (χ2n) is 27.7. The van der Waals surface area contributed by atoms with Crippen molar-refractivity contribution in [3.05, 3.63) is 36.5 Å². The molecule has 520 valence electrons. The van der Waals surface area contributed by atoms with E-state index in [4.69, 9.17) is 4.74 Å². The Hall–Kier alpha value is -1.92. The number of hydrogen-bond acceptors (Lipinski definition) is 5. The molecule has 0 bridgehead atoms. The van der Waals surface area contributed by atoms with E-state index in [1.807, 2.05) is 6.08 Å². The molecule has 0 saturated carbocycles. The van der Waals surface area contributed by atoms with Gasteiger partial charge in [-0.2, -0.15) is 0 Å². The molecule has 0 fully saturated rings. The van der Waals surface area contributed by atoms with Gasteiger partial charge in [0.2, 0.25) is 5.91 Å². The highest BCUT2D eigenvalue weighted by Gasteiger charge is 2.18. The van der Waals surface area contributed by atoms with Crippen LogP contribution in [0.1, 0.15) is 450 Å². The number of hydrogen-bond donors (Lipinski definition) is 3. The predicted molar refractivity (Wildman–Crippen MR) is 389 cm³/mol. The summed E-state index contributed by atoms with van der Waals surface area (Å²) < 4.78 is 5.50. The summed E-state index contributed by atoms with van der Waals surface area (Å²) in [6, 6.07) is -0.628. The molecule has 3 N–H and O–H groups in total. The van der Waals surface area contributed by atoms with Crippen LogP contribution in [0, 0.1) is 0 Å². The van der Waals surface area contributed by atoms with Gasteiger partial charge < -0.3 is 20.3 Å². The lowest BCUT2D eigenvalue weighted by Gasteiger charge is -2.20. The van der Waals surface area contributed by atoms with E-state index in [2.05, 4.69) is 43.5 Å². The maximum atomic E-state index is 12.6. The van der Waals surface area contributed by atoms with Crippen molar-refractivity contribution in [2.45, 2.75) is 463 Å². The smallest absolute Gasteiger partial charge is 0.305 e. The Labute approximate surface area is 551 Å². The van der Waals surface area contributed by atoms with Gasteiger partial charge in [-0.25, -0.2) is 0 Å². The van der Waals surface area contributed by atoms with Crippen molar-refractivity contribution in [1.29, 1.82) is 0 Å². The molecule has 2 atom stereocenters. The van der Waals surface area contributed by atoms with E-state index in [1.165, 1.54) is 379 Å². The Morgan fingerprint density at radius 1 is 0.307 bits per heavy atom. The van der Waals surface area contributed by atoms with Crippen LogP contribution in [0.3, 0.4) is 0 Å². The topological polar surface area (TPSA) is 95.9 Å². The highest BCUT2D eigenvalue weighted by molar-refractivity contribution is 5.76. The molecule has 0 radical (unpaired) electrons. The molecule has 0 aromatic rings. The van der Waals surface area contributed by atoms with Crippen LogP contribution in [0.4, 0.5) is 0 Å². The fraction of sp³-hybridized carbons (Fsp3) is 0.902. The molecular formula is C82H157NO5. The SMILES string of the molecule is CCCCCCCC/C=C\CCCCCCCC(=O)OCCCCCCCCCCCCCC/C=C\CCCCCCCCCCCCCCCCCC(=O)NC(CO)C(O)/C=C/CCCCCCCCCCCCCCCCCCCCCCCCC. The van der Waals surface area contributed by atoms with E-state index >= 15 is 0 Å². The maximum absolute atomic E-state index is 12.6. The molecule has 0 aliphatic carbocycles. The van der Waals surface area contributed by atoms with Crippen LogP contribution in [0.25, 0.3) is 0 Å². The molecule has 88 heavy (non-hydrogen) atoms. The minimum Gasteiger partial charge on any atom is -0.466 e. The molecule has 0 aromatic carbocycles. The molecule has 0 rings (SSSR count). The maximum Gasteiger partial charge on any atom is 0.305 e. The number of aliphatic hydroxyl groups excluding tert-OH is 2. The molecule has 0 spiro atoms. The van der Waals surface area contributed by atoms with Crippen LogP contribution in [0.15, 0.2) is 36.5 Å². The van der Waals surface area contributed by atoms with Gasteiger partial charge in [-0.15, -0.1) is 0 Å². The number of aliphatic hydroxyl groups is 2. The van der Waals surface area contributed by atoms with E-state index in [0.717, 1.165) is 44.9 Å². The zero-order valence-corrected chi connectivity index (χ0v) is 59.7. The highest BCUT2D eigenvalue weighted by Crippen LogP contribution is 2.20. The largest absolute Gasteiger partial charge is 0.466 e. The van der Waals surface area contributed by atoms with Gasteiger partial charge in [0.15, 0.2) is 0 Å². The molecule has 0 aromatic heterocycles. The lowest BCUT2D eigenvalue weighted by Crippen LogP contribution is -2.45. The Morgan fingerprint density at radius 2 is 0.534 bits per heavy atom. The number of esters is 1. The number of allylic oxidation sites excluding steroid dienone is 5. The summed E-state index contributed by atoms with van der Waals surface area (Å²) >= 11 is 0. The van der Waals surface area contributed by atoms with Crippen molar-refractivity contribution < 1.29 is 24.5 Å². The fourth-order valence-corrected chi connectivity index (χ4v) is 12.7. The first kappa shape index (κ1) is 86.1. The summed E-state index contributed by atoms with van der Waals surface area (Å²) in [6.07, 6.45) is 101. The van der Waals surface area contributed by atoms with E-state index in [-0.39, 0.29) is 18.5 Å². The van der Waals surface area contributed by atoms with Crippen LogP contribution in [0.2, 0.25) is 0 Å². The summed E-state index contributed by atoms with van der Waals surface area (Å²) in [4.78, 5) is 24.6. The summed E-state index contributed by atoms with van der Waals surface area (Å²) in [5.74, 6) is -0.0505. The Morgan fingerprint density at radius 3 is 0.807 bits per heavy atom. The molecular weight excluding hydrogens is 1080 g/mol. The molecule has 0 aliphatic heterocycles. The number of rotatable bonds is 76. The van der Waals surface area contributed by atoms with Crippen LogP contribution in [-0.4, -0.2) is 47.4 Å². The van der Waals surface area contributed by atoms with E-state index in [9.17, 15) is 19.8 Å². The number of amides is 1. The minimum absolute atomic E-state index is 0.0102. The zero-order chi connectivity index (χ0) is 63.5. The first-order valence-electron chi connectivity index (χ1n) is 40.3. The highest BCUT2D eigenvalue weighted by atomic mass is 16.5. The molecule has 0 saturated heterocycles. The Kier molecular flexibility index (Phi) is 75.8. The normalized spacial score (nSPS) is 12.6. The molecule has 1 amide bonds.